The van der Waals surface area contributed by atoms with E-state index in [1.54, 1.807) is 12.1 Å². The first-order chi connectivity index (χ1) is 16.1. The molecular weight excluding hydrogens is 427 g/mol. The highest BCUT2D eigenvalue weighted by Gasteiger charge is 2.30. The Morgan fingerprint density at radius 1 is 1.00 bits per heavy atom. The molecule has 2 aromatic rings. The molecular formula is C24H27FN4O4. The predicted molar refractivity (Wildman–Crippen MR) is 120 cm³/mol. The Morgan fingerprint density at radius 3 is 2.52 bits per heavy atom. The first-order valence-electron chi connectivity index (χ1n) is 11.3. The zero-order chi connectivity index (χ0) is 22.8. The molecule has 2 fully saturated rings. The molecule has 2 heterocycles. The minimum absolute atomic E-state index is 0.124. The van der Waals surface area contributed by atoms with E-state index in [0.717, 1.165) is 18.4 Å². The highest BCUT2D eigenvalue weighted by atomic mass is 19.1. The Morgan fingerprint density at radius 2 is 1.76 bits per heavy atom. The summed E-state index contributed by atoms with van der Waals surface area (Å²) in [5.74, 6) is -0.0915. The average Bonchev–Trinajstić information content (AvgIpc) is 3.52. The van der Waals surface area contributed by atoms with Gasteiger partial charge in [-0.25, -0.2) is 4.39 Å². The molecule has 1 aliphatic carbocycles. The molecule has 1 atom stereocenters. The van der Waals surface area contributed by atoms with Gasteiger partial charge in [-0.05, 0) is 42.7 Å². The van der Waals surface area contributed by atoms with Gasteiger partial charge in [0.1, 0.15) is 5.82 Å². The number of nitrogens with one attached hydrogen (secondary N) is 2. The summed E-state index contributed by atoms with van der Waals surface area (Å²) in [4.78, 5) is 28.7. The van der Waals surface area contributed by atoms with Crippen molar-refractivity contribution < 1.29 is 23.5 Å². The first kappa shape index (κ1) is 21.5. The van der Waals surface area contributed by atoms with Crippen LogP contribution in [0.15, 0.2) is 42.5 Å². The quantitative estimate of drug-likeness (QED) is 0.648. The van der Waals surface area contributed by atoms with Crippen LogP contribution in [0, 0.1) is 5.82 Å². The van der Waals surface area contributed by atoms with E-state index in [9.17, 15) is 14.0 Å². The number of para-hydroxylation sites is 1. The molecule has 0 aromatic heterocycles. The third-order valence-electron chi connectivity index (χ3n) is 6.30. The van der Waals surface area contributed by atoms with Crippen molar-refractivity contribution in [1.29, 1.82) is 0 Å². The van der Waals surface area contributed by atoms with Crippen molar-refractivity contribution in [3.05, 3.63) is 53.8 Å². The van der Waals surface area contributed by atoms with Crippen molar-refractivity contribution in [2.24, 2.45) is 0 Å². The Bertz CT molecular complexity index is 1040. The molecule has 1 saturated carbocycles. The summed E-state index contributed by atoms with van der Waals surface area (Å²) in [7, 11) is 0. The molecule has 33 heavy (non-hydrogen) atoms. The van der Waals surface area contributed by atoms with E-state index in [1.807, 2.05) is 29.2 Å². The Balaban J connectivity index is 1.29. The van der Waals surface area contributed by atoms with Crippen LogP contribution in [-0.4, -0.2) is 62.3 Å². The normalized spacial score (nSPS) is 18.6. The molecule has 2 amide bonds. The molecule has 174 valence electrons. The third kappa shape index (κ3) is 4.88. The fourth-order valence-electron chi connectivity index (χ4n) is 4.31. The summed E-state index contributed by atoms with van der Waals surface area (Å²) in [5.41, 5.74) is 1.56. The van der Waals surface area contributed by atoms with E-state index in [0.29, 0.717) is 43.4 Å². The van der Waals surface area contributed by atoms with E-state index in [-0.39, 0.29) is 31.2 Å². The minimum Gasteiger partial charge on any atom is -0.454 e. The molecule has 1 saturated heterocycles. The lowest BCUT2D eigenvalue weighted by Gasteiger charge is -2.40. The molecule has 2 N–H and O–H groups in total. The van der Waals surface area contributed by atoms with Gasteiger partial charge in [-0.1, -0.05) is 18.2 Å². The monoisotopic (exact) mass is 454 g/mol. The SMILES string of the molecule is O=C(NC[C@H](c1ccc2c(c1)OCO2)N1CCN(c2ccccc2F)CC1)C(=O)NC1CC1. The number of anilines is 1. The molecule has 3 aliphatic rings. The summed E-state index contributed by atoms with van der Waals surface area (Å²) >= 11 is 0. The van der Waals surface area contributed by atoms with Gasteiger partial charge < -0.3 is 25.0 Å². The van der Waals surface area contributed by atoms with Crippen LogP contribution in [-0.2, 0) is 9.59 Å². The van der Waals surface area contributed by atoms with Gasteiger partial charge in [0.25, 0.3) is 0 Å². The van der Waals surface area contributed by atoms with Crippen molar-refractivity contribution in [3.8, 4) is 11.5 Å². The van der Waals surface area contributed by atoms with E-state index in [2.05, 4.69) is 15.5 Å². The maximum Gasteiger partial charge on any atom is 0.309 e. The standard InChI is InChI=1S/C24H27FN4O4/c25-18-3-1-2-4-19(18)28-9-11-29(12-10-28)20(14-26-23(30)24(31)27-17-6-7-17)16-5-8-21-22(13-16)33-15-32-21/h1-5,8,13,17,20H,6-7,9-12,14-15H2,(H,26,30)(H,27,31)/t20-/m1/s1. The number of carbonyl (C=O) groups excluding carboxylic acids is 2. The van der Waals surface area contributed by atoms with Crippen molar-refractivity contribution in [3.63, 3.8) is 0 Å². The molecule has 8 nitrogen and oxygen atoms in total. The van der Waals surface area contributed by atoms with Gasteiger partial charge in [0.15, 0.2) is 11.5 Å². The maximum absolute atomic E-state index is 14.2. The van der Waals surface area contributed by atoms with Crippen LogP contribution in [0.3, 0.4) is 0 Å². The fraction of sp³-hybridized carbons (Fsp3) is 0.417. The predicted octanol–water partition coefficient (Wildman–Crippen LogP) is 1.81. The highest BCUT2D eigenvalue weighted by molar-refractivity contribution is 6.35. The van der Waals surface area contributed by atoms with Gasteiger partial charge in [0.2, 0.25) is 6.79 Å². The van der Waals surface area contributed by atoms with Gasteiger partial charge in [-0.3, -0.25) is 14.5 Å². The number of benzene rings is 2. The second kappa shape index (κ2) is 9.27. The zero-order valence-electron chi connectivity index (χ0n) is 18.3. The van der Waals surface area contributed by atoms with E-state index in [1.165, 1.54) is 6.07 Å². The lowest BCUT2D eigenvalue weighted by molar-refractivity contribution is -0.139. The van der Waals surface area contributed by atoms with Crippen LogP contribution in [0.2, 0.25) is 0 Å². The second-order valence-corrected chi connectivity index (χ2v) is 8.56. The largest absolute Gasteiger partial charge is 0.454 e. The summed E-state index contributed by atoms with van der Waals surface area (Å²) < 4.78 is 25.2. The fourth-order valence-corrected chi connectivity index (χ4v) is 4.31. The lowest BCUT2D eigenvalue weighted by atomic mass is 10.0. The number of fused-ring (bicyclic) bond motifs is 1. The molecule has 5 rings (SSSR count). The number of piperazine rings is 1. The van der Waals surface area contributed by atoms with Crippen molar-refractivity contribution in [2.45, 2.75) is 24.9 Å². The van der Waals surface area contributed by atoms with Crippen LogP contribution in [0.25, 0.3) is 0 Å². The van der Waals surface area contributed by atoms with Gasteiger partial charge in [0, 0.05) is 38.8 Å². The number of nitrogens with zero attached hydrogens (tertiary/aromatic N) is 2. The van der Waals surface area contributed by atoms with E-state index < -0.39 is 11.8 Å². The Hall–Kier alpha value is -3.33. The number of ether oxygens (including phenoxy) is 2. The molecule has 9 heteroatoms. The van der Waals surface area contributed by atoms with Crippen LogP contribution in [0.1, 0.15) is 24.4 Å². The summed E-state index contributed by atoms with van der Waals surface area (Å²) in [6, 6.07) is 12.5. The molecule has 0 unspecified atom stereocenters. The molecule has 2 aliphatic heterocycles. The second-order valence-electron chi connectivity index (χ2n) is 8.56. The van der Waals surface area contributed by atoms with Gasteiger partial charge in [0.05, 0.1) is 11.7 Å². The van der Waals surface area contributed by atoms with E-state index in [4.69, 9.17) is 9.47 Å². The van der Waals surface area contributed by atoms with Crippen LogP contribution < -0.4 is 25.0 Å². The maximum atomic E-state index is 14.2. The number of halogens is 1. The Labute approximate surface area is 191 Å². The number of hydrogen-bond donors (Lipinski definition) is 2. The third-order valence-corrected chi connectivity index (χ3v) is 6.30. The minimum atomic E-state index is -0.627. The van der Waals surface area contributed by atoms with Crippen molar-refractivity contribution in [2.75, 3.05) is 44.4 Å². The number of rotatable bonds is 6. The number of amides is 2. The molecule has 2 aromatic carbocycles. The number of carbonyl (C=O) groups is 2. The van der Waals surface area contributed by atoms with Gasteiger partial charge in [-0.2, -0.15) is 0 Å². The molecule has 0 spiro atoms. The number of hydrogen-bond acceptors (Lipinski definition) is 6. The van der Waals surface area contributed by atoms with Crippen molar-refractivity contribution in [1.82, 2.24) is 15.5 Å². The summed E-state index contributed by atoms with van der Waals surface area (Å²) in [5, 5.41) is 5.51. The molecule has 0 bridgehead atoms. The molecule has 0 radical (unpaired) electrons. The van der Waals surface area contributed by atoms with Gasteiger partial charge >= 0.3 is 11.8 Å². The average molecular weight is 455 g/mol. The zero-order valence-corrected chi connectivity index (χ0v) is 18.3. The van der Waals surface area contributed by atoms with Crippen molar-refractivity contribution >= 4 is 17.5 Å². The first-order valence-corrected chi connectivity index (χ1v) is 11.3. The van der Waals surface area contributed by atoms with Gasteiger partial charge in [-0.15, -0.1) is 0 Å². The van der Waals surface area contributed by atoms with Crippen LogP contribution >= 0.6 is 0 Å². The van der Waals surface area contributed by atoms with E-state index >= 15 is 0 Å². The highest BCUT2D eigenvalue weighted by Crippen LogP contribution is 2.36. The smallest absolute Gasteiger partial charge is 0.309 e. The Kier molecular flexibility index (Phi) is 6.04. The van der Waals surface area contributed by atoms with Crippen LogP contribution in [0.5, 0.6) is 11.5 Å². The topological polar surface area (TPSA) is 83.1 Å². The lowest BCUT2D eigenvalue weighted by Crippen LogP contribution is -2.51. The summed E-state index contributed by atoms with van der Waals surface area (Å²) in [6.45, 7) is 3.12. The summed E-state index contributed by atoms with van der Waals surface area (Å²) in [6.07, 6.45) is 1.84. The van der Waals surface area contributed by atoms with Crippen LogP contribution in [0.4, 0.5) is 10.1 Å².